The summed E-state index contributed by atoms with van der Waals surface area (Å²) in [5, 5.41) is 0. The summed E-state index contributed by atoms with van der Waals surface area (Å²) < 4.78 is 19.3. The van der Waals surface area contributed by atoms with E-state index in [9.17, 15) is 14.0 Å². The van der Waals surface area contributed by atoms with Gasteiger partial charge in [0, 0.05) is 25.9 Å². The number of amides is 2. The third kappa shape index (κ3) is 4.32. The Labute approximate surface area is 125 Å². The topological polar surface area (TPSA) is 49.9 Å². The van der Waals surface area contributed by atoms with Crippen LogP contribution in [0.25, 0.3) is 0 Å². The molecule has 2 fully saturated rings. The lowest BCUT2D eigenvalue weighted by Crippen LogP contribution is -2.56. The predicted molar refractivity (Wildman–Crippen MR) is 76.7 cm³/mol. The van der Waals surface area contributed by atoms with Crippen molar-refractivity contribution in [3.63, 3.8) is 0 Å². The number of alkyl halides is 1. The fraction of sp³-hybridized carbons (Fsp3) is 0.867. The van der Waals surface area contributed by atoms with Crippen molar-refractivity contribution in [3.8, 4) is 0 Å². The minimum Gasteiger partial charge on any atom is -0.444 e. The van der Waals surface area contributed by atoms with Gasteiger partial charge in [-0.1, -0.05) is 0 Å². The Morgan fingerprint density at radius 2 is 2.00 bits per heavy atom. The molecule has 0 saturated carbocycles. The lowest BCUT2D eigenvalue weighted by molar-refractivity contribution is -0.137. The molecule has 2 unspecified atom stereocenters. The van der Waals surface area contributed by atoms with Gasteiger partial charge in [-0.3, -0.25) is 4.79 Å². The molecule has 2 aliphatic heterocycles. The molecule has 2 atom stereocenters. The van der Waals surface area contributed by atoms with Crippen LogP contribution < -0.4 is 0 Å². The Morgan fingerprint density at radius 3 is 2.62 bits per heavy atom. The lowest BCUT2D eigenvalue weighted by atomic mass is 9.99. The van der Waals surface area contributed by atoms with Gasteiger partial charge in [-0.2, -0.15) is 0 Å². The van der Waals surface area contributed by atoms with Crippen LogP contribution in [0.2, 0.25) is 0 Å². The highest BCUT2D eigenvalue weighted by atomic mass is 19.1. The van der Waals surface area contributed by atoms with E-state index >= 15 is 0 Å². The Balaban J connectivity index is 2.01. The molecule has 0 radical (unpaired) electrons. The molecule has 2 heterocycles. The Morgan fingerprint density at radius 1 is 1.29 bits per heavy atom. The second-order valence-corrected chi connectivity index (χ2v) is 6.92. The monoisotopic (exact) mass is 300 g/mol. The van der Waals surface area contributed by atoms with Crippen LogP contribution in [0.5, 0.6) is 0 Å². The van der Waals surface area contributed by atoms with Crippen LogP contribution in [0.4, 0.5) is 9.18 Å². The van der Waals surface area contributed by atoms with Crippen molar-refractivity contribution in [1.82, 2.24) is 9.80 Å². The molecular formula is C15H25FN2O3. The van der Waals surface area contributed by atoms with E-state index in [0.717, 1.165) is 12.8 Å². The third-order valence-electron chi connectivity index (χ3n) is 3.83. The zero-order chi connectivity index (χ0) is 15.6. The molecule has 0 aromatic carbocycles. The largest absolute Gasteiger partial charge is 0.444 e. The first-order valence-electron chi connectivity index (χ1n) is 7.68. The first kappa shape index (κ1) is 16.0. The molecule has 0 aromatic heterocycles. The maximum absolute atomic E-state index is 14.0. The van der Waals surface area contributed by atoms with Gasteiger partial charge in [0.2, 0.25) is 5.91 Å². The van der Waals surface area contributed by atoms with Gasteiger partial charge >= 0.3 is 6.09 Å². The number of rotatable bonds is 1. The molecule has 0 aromatic rings. The van der Waals surface area contributed by atoms with Gasteiger partial charge in [0.15, 0.2) is 0 Å². The van der Waals surface area contributed by atoms with E-state index in [4.69, 9.17) is 4.74 Å². The third-order valence-corrected chi connectivity index (χ3v) is 3.83. The number of carbonyl (C=O) groups is 2. The van der Waals surface area contributed by atoms with Crippen molar-refractivity contribution >= 4 is 12.0 Å². The second-order valence-electron chi connectivity index (χ2n) is 6.92. The van der Waals surface area contributed by atoms with Gasteiger partial charge in [0.05, 0.1) is 12.6 Å². The molecule has 2 aliphatic rings. The molecule has 2 saturated heterocycles. The average molecular weight is 300 g/mol. The highest BCUT2D eigenvalue weighted by molar-refractivity contribution is 5.77. The van der Waals surface area contributed by atoms with Gasteiger partial charge in [-0.05, 0) is 33.6 Å². The fourth-order valence-electron chi connectivity index (χ4n) is 2.93. The summed E-state index contributed by atoms with van der Waals surface area (Å²) in [6, 6.07) is -0.228. The summed E-state index contributed by atoms with van der Waals surface area (Å²) in [7, 11) is 0. The lowest BCUT2D eigenvalue weighted by Gasteiger charge is -2.42. The zero-order valence-electron chi connectivity index (χ0n) is 13.1. The van der Waals surface area contributed by atoms with Gasteiger partial charge in [-0.15, -0.1) is 0 Å². The highest BCUT2D eigenvalue weighted by Gasteiger charge is 2.37. The van der Waals surface area contributed by atoms with Crippen LogP contribution in [0, 0.1) is 0 Å². The van der Waals surface area contributed by atoms with E-state index < -0.39 is 17.9 Å². The maximum Gasteiger partial charge on any atom is 0.410 e. The summed E-state index contributed by atoms with van der Waals surface area (Å²) in [5.74, 6) is 0.0736. The summed E-state index contributed by atoms with van der Waals surface area (Å²) in [4.78, 5) is 27.2. The molecule has 0 bridgehead atoms. The molecule has 21 heavy (non-hydrogen) atoms. The van der Waals surface area contributed by atoms with Crippen LogP contribution in [0.15, 0.2) is 0 Å². The van der Waals surface area contributed by atoms with Crippen LogP contribution >= 0.6 is 0 Å². The minimum atomic E-state index is -1.11. The van der Waals surface area contributed by atoms with Gasteiger partial charge in [0.1, 0.15) is 11.8 Å². The van der Waals surface area contributed by atoms with Crippen LogP contribution in [-0.2, 0) is 9.53 Å². The number of hydrogen-bond acceptors (Lipinski definition) is 3. The smallest absolute Gasteiger partial charge is 0.410 e. The molecule has 2 amide bonds. The van der Waals surface area contributed by atoms with Gasteiger partial charge in [0.25, 0.3) is 0 Å². The quantitative estimate of drug-likeness (QED) is 0.747. The predicted octanol–water partition coefficient (Wildman–Crippen LogP) is 2.35. The van der Waals surface area contributed by atoms with E-state index in [-0.39, 0.29) is 18.5 Å². The normalized spacial score (nSPS) is 27.7. The number of hydrogen-bond donors (Lipinski definition) is 0. The van der Waals surface area contributed by atoms with Crippen molar-refractivity contribution in [2.75, 3.05) is 19.6 Å². The fourth-order valence-corrected chi connectivity index (χ4v) is 2.93. The standard InChI is InChI=1S/C15H25FN2O3/c1-15(2,3)21-14(20)17-9-11(16)8-12(10-17)18-7-5-4-6-13(18)19/h11-12H,4-10H2,1-3H3. The van der Waals surface area contributed by atoms with E-state index in [2.05, 4.69) is 0 Å². The molecule has 6 heteroatoms. The van der Waals surface area contributed by atoms with Crippen LogP contribution in [0.1, 0.15) is 46.5 Å². The summed E-state index contributed by atoms with van der Waals surface area (Å²) in [5.41, 5.74) is -0.600. The molecule has 2 rings (SSSR count). The van der Waals surface area contributed by atoms with Crippen molar-refractivity contribution in [2.24, 2.45) is 0 Å². The number of piperidine rings is 2. The highest BCUT2D eigenvalue weighted by Crippen LogP contribution is 2.24. The Kier molecular flexibility index (Phi) is 4.74. The van der Waals surface area contributed by atoms with Gasteiger partial charge < -0.3 is 14.5 Å². The number of carbonyl (C=O) groups excluding carboxylic acids is 2. The van der Waals surface area contributed by atoms with E-state index in [0.29, 0.717) is 25.9 Å². The molecule has 0 spiro atoms. The maximum atomic E-state index is 14.0. The van der Waals surface area contributed by atoms with Crippen molar-refractivity contribution in [2.45, 2.75) is 64.3 Å². The molecule has 5 nitrogen and oxygen atoms in total. The van der Waals surface area contributed by atoms with E-state index in [1.807, 2.05) is 0 Å². The summed E-state index contributed by atoms with van der Waals surface area (Å²) in [6.45, 7) is 6.43. The van der Waals surface area contributed by atoms with Crippen molar-refractivity contribution < 1.29 is 18.7 Å². The minimum absolute atomic E-state index is 0.0491. The number of likely N-dealkylation sites (tertiary alicyclic amines) is 2. The first-order chi connectivity index (χ1) is 9.76. The molecule has 0 aliphatic carbocycles. The number of halogens is 1. The second kappa shape index (κ2) is 6.20. The van der Waals surface area contributed by atoms with Crippen LogP contribution in [0.3, 0.4) is 0 Å². The Bertz CT molecular complexity index is 408. The average Bonchev–Trinajstić information content (AvgIpc) is 2.36. The van der Waals surface area contributed by atoms with Gasteiger partial charge in [-0.25, -0.2) is 9.18 Å². The van der Waals surface area contributed by atoms with Crippen molar-refractivity contribution in [1.29, 1.82) is 0 Å². The van der Waals surface area contributed by atoms with Crippen molar-refractivity contribution in [3.05, 3.63) is 0 Å². The van der Waals surface area contributed by atoms with E-state index in [1.54, 1.807) is 25.7 Å². The molecule has 0 N–H and O–H groups in total. The first-order valence-corrected chi connectivity index (χ1v) is 7.68. The zero-order valence-corrected chi connectivity index (χ0v) is 13.1. The molecule has 120 valence electrons. The summed E-state index contributed by atoms with van der Waals surface area (Å²) in [6.07, 6.45) is 1.08. The van der Waals surface area contributed by atoms with E-state index in [1.165, 1.54) is 4.90 Å². The SMILES string of the molecule is CC(C)(C)OC(=O)N1CC(F)CC(N2CCCCC2=O)C1. The summed E-state index contributed by atoms with van der Waals surface area (Å²) >= 11 is 0. The molecular weight excluding hydrogens is 275 g/mol. The number of nitrogens with zero attached hydrogens (tertiary/aromatic N) is 2. The van der Waals surface area contributed by atoms with Crippen LogP contribution in [-0.4, -0.2) is 59.2 Å². The Hall–Kier alpha value is -1.33. The number of ether oxygens (including phenoxy) is 1.